The Kier molecular flexibility index (Phi) is 6.78. The van der Waals surface area contributed by atoms with Gasteiger partial charge in [0.2, 0.25) is 5.95 Å². The molecule has 3 N–H and O–H groups in total. The summed E-state index contributed by atoms with van der Waals surface area (Å²) in [4.78, 5) is 20.5. The Labute approximate surface area is 202 Å². The van der Waals surface area contributed by atoms with Crippen LogP contribution in [0.5, 0.6) is 17.2 Å². The second-order valence-electron chi connectivity index (χ2n) is 7.32. The maximum Gasteiger partial charge on any atom is 0.261 e. The number of fused-ring (bicyclic) bond motifs is 1. The van der Waals surface area contributed by atoms with Crippen LogP contribution in [0.4, 0.5) is 11.6 Å². The average Bonchev–Trinajstić information content (AvgIpc) is 3.26. The number of para-hydroxylation sites is 2. The molecular weight excluding hydrogens is 472 g/mol. The summed E-state index contributed by atoms with van der Waals surface area (Å²) in [5.41, 5.74) is 1.43. The number of anilines is 2. The number of methoxy groups -OCH3 is 2. The largest absolute Gasteiger partial charge is 0.494 e. The number of H-pyrrole nitrogens is 1. The van der Waals surface area contributed by atoms with E-state index in [0.29, 0.717) is 17.9 Å². The first kappa shape index (κ1) is 23.9. The van der Waals surface area contributed by atoms with Crippen molar-refractivity contribution < 1.29 is 27.4 Å². The summed E-state index contributed by atoms with van der Waals surface area (Å²) in [6.07, 6.45) is 0. The smallest absolute Gasteiger partial charge is 0.261 e. The number of amides is 1. The lowest BCUT2D eigenvalue weighted by Crippen LogP contribution is -2.19. The van der Waals surface area contributed by atoms with Gasteiger partial charge in [-0.15, -0.1) is 0 Å². The minimum atomic E-state index is -4.04. The zero-order valence-electron chi connectivity index (χ0n) is 19.3. The minimum Gasteiger partial charge on any atom is -0.494 e. The molecule has 182 valence electrons. The van der Waals surface area contributed by atoms with E-state index in [1.807, 2.05) is 25.1 Å². The van der Waals surface area contributed by atoms with Gasteiger partial charge < -0.3 is 19.2 Å². The van der Waals surface area contributed by atoms with E-state index >= 15 is 0 Å². The first-order chi connectivity index (χ1) is 16.8. The van der Waals surface area contributed by atoms with Gasteiger partial charge >= 0.3 is 0 Å². The summed E-state index contributed by atoms with van der Waals surface area (Å²) < 4.78 is 44.7. The van der Waals surface area contributed by atoms with Crippen LogP contribution in [0.25, 0.3) is 11.0 Å². The van der Waals surface area contributed by atoms with Crippen LogP contribution in [0.15, 0.2) is 65.6 Å². The molecule has 4 aromatic rings. The molecule has 0 aliphatic heterocycles. The van der Waals surface area contributed by atoms with Crippen LogP contribution < -0.4 is 24.2 Å². The van der Waals surface area contributed by atoms with Gasteiger partial charge in [-0.25, -0.2) is 13.4 Å². The van der Waals surface area contributed by atoms with Gasteiger partial charge in [0.15, 0.2) is 11.5 Å². The van der Waals surface area contributed by atoms with E-state index in [4.69, 9.17) is 14.2 Å². The third-order valence-electron chi connectivity index (χ3n) is 5.08. The van der Waals surface area contributed by atoms with Crippen LogP contribution in [0, 0.1) is 0 Å². The Morgan fingerprint density at radius 2 is 1.69 bits per heavy atom. The maximum absolute atomic E-state index is 13.2. The lowest BCUT2D eigenvalue weighted by Gasteiger charge is -2.16. The van der Waals surface area contributed by atoms with Crippen molar-refractivity contribution in [2.45, 2.75) is 11.8 Å². The highest BCUT2D eigenvalue weighted by atomic mass is 32.2. The molecular formula is C24H24N4O6S. The van der Waals surface area contributed by atoms with E-state index in [2.05, 4.69) is 20.0 Å². The highest BCUT2D eigenvalue weighted by Gasteiger charge is 2.23. The average molecular weight is 497 g/mol. The lowest BCUT2D eigenvalue weighted by molar-refractivity contribution is 0.102. The number of sulfonamides is 1. The molecule has 3 aromatic carbocycles. The van der Waals surface area contributed by atoms with E-state index in [0.717, 1.165) is 5.52 Å². The summed E-state index contributed by atoms with van der Waals surface area (Å²) in [6.45, 7) is 2.29. The Hall–Kier alpha value is -4.25. The maximum atomic E-state index is 13.2. The first-order valence-corrected chi connectivity index (χ1v) is 12.1. The third kappa shape index (κ3) is 5.14. The number of nitrogens with zero attached hydrogens (tertiary/aromatic N) is 1. The van der Waals surface area contributed by atoms with Crippen LogP contribution >= 0.6 is 0 Å². The molecule has 1 heterocycles. The van der Waals surface area contributed by atoms with Crippen LogP contribution in [0.1, 0.15) is 17.3 Å². The van der Waals surface area contributed by atoms with Gasteiger partial charge in [-0.3, -0.25) is 14.8 Å². The number of benzene rings is 3. The van der Waals surface area contributed by atoms with Crippen molar-refractivity contribution >= 4 is 38.6 Å². The lowest BCUT2D eigenvalue weighted by atomic mass is 10.1. The molecule has 0 unspecified atom stereocenters. The normalized spacial score (nSPS) is 11.2. The third-order valence-corrected chi connectivity index (χ3v) is 6.46. The fraction of sp³-hybridized carbons (Fsp3) is 0.167. The van der Waals surface area contributed by atoms with Crippen molar-refractivity contribution in [3.63, 3.8) is 0 Å². The highest BCUT2D eigenvalue weighted by Crippen LogP contribution is 2.35. The Morgan fingerprint density at radius 3 is 2.34 bits per heavy atom. The number of nitrogens with one attached hydrogen (secondary N) is 3. The summed E-state index contributed by atoms with van der Waals surface area (Å²) in [5, 5.41) is 2.67. The Bertz CT molecular complexity index is 1430. The standard InChI is InChI=1S/C24H24N4O6S/c1-4-34-15-9-11-16(12-10-15)35(30,31)28-20-14-22(33-3)21(32-2)13-17(20)23(29)27-24-25-18-7-5-6-8-19(18)26-24/h5-14,28H,4H2,1-3H3,(H2,25,26,27,29). The summed E-state index contributed by atoms with van der Waals surface area (Å²) in [7, 11) is -1.21. The molecule has 0 spiro atoms. The molecule has 0 bridgehead atoms. The zero-order valence-corrected chi connectivity index (χ0v) is 20.1. The van der Waals surface area contributed by atoms with Gasteiger partial charge in [-0.2, -0.15) is 0 Å². The highest BCUT2D eigenvalue weighted by molar-refractivity contribution is 7.92. The number of imidazole rings is 1. The molecule has 1 amide bonds. The van der Waals surface area contributed by atoms with E-state index in [1.54, 1.807) is 18.2 Å². The molecule has 0 saturated carbocycles. The molecule has 0 radical (unpaired) electrons. The number of rotatable bonds is 9. The molecule has 0 aliphatic rings. The number of hydrogen-bond acceptors (Lipinski definition) is 7. The number of aromatic nitrogens is 2. The number of hydrogen-bond donors (Lipinski definition) is 3. The van der Waals surface area contributed by atoms with Gasteiger partial charge in [0.05, 0.1) is 48.0 Å². The first-order valence-electron chi connectivity index (χ1n) is 10.6. The van der Waals surface area contributed by atoms with Gasteiger partial charge in [0.1, 0.15) is 5.75 Å². The SMILES string of the molecule is CCOc1ccc(S(=O)(=O)Nc2cc(OC)c(OC)cc2C(=O)Nc2nc3ccccc3[nH]2)cc1. The van der Waals surface area contributed by atoms with Crippen molar-refractivity contribution in [2.75, 3.05) is 30.9 Å². The molecule has 11 heteroatoms. The van der Waals surface area contributed by atoms with E-state index in [1.165, 1.54) is 38.5 Å². The Morgan fingerprint density at radius 1 is 1.00 bits per heavy atom. The molecule has 10 nitrogen and oxygen atoms in total. The monoisotopic (exact) mass is 496 g/mol. The van der Waals surface area contributed by atoms with Crippen LogP contribution in [0.3, 0.4) is 0 Å². The van der Waals surface area contributed by atoms with Crippen molar-refractivity contribution in [2.24, 2.45) is 0 Å². The fourth-order valence-electron chi connectivity index (χ4n) is 3.42. The molecule has 0 fully saturated rings. The van der Waals surface area contributed by atoms with Crippen LogP contribution in [-0.2, 0) is 10.0 Å². The second-order valence-corrected chi connectivity index (χ2v) is 9.00. The summed E-state index contributed by atoms with van der Waals surface area (Å²) >= 11 is 0. The van der Waals surface area contributed by atoms with Crippen molar-refractivity contribution in [1.82, 2.24) is 9.97 Å². The summed E-state index contributed by atoms with van der Waals surface area (Å²) in [5.74, 6) is 0.660. The Balaban J connectivity index is 1.69. The van der Waals surface area contributed by atoms with E-state index in [9.17, 15) is 13.2 Å². The number of carbonyl (C=O) groups is 1. The topological polar surface area (TPSA) is 132 Å². The van der Waals surface area contributed by atoms with Crippen molar-refractivity contribution in [3.05, 3.63) is 66.2 Å². The fourth-order valence-corrected chi connectivity index (χ4v) is 4.49. The molecule has 0 saturated heterocycles. The predicted octanol–water partition coefficient (Wildman–Crippen LogP) is 4.03. The molecule has 0 atom stereocenters. The van der Waals surface area contributed by atoms with E-state index in [-0.39, 0.29) is 33.6 Å². The molecule has 1 aromatic heterocycles. The molecule has 0 aliphatic carbocycles. The minimum absolute atomic E-state index is 0.000574. The summed E-state index contributed by atoms with van der Waals surface area (Å²) in [6, 6.07) is 16.0. The second kappa shape index (κ2) is 9.94. The van der Waals surface area contributed by atoms with E-state index < -0.39 is 15.9 Å². The molecule has 4 rings (SSSR count). The molecule has 35 heavy (non-hydrogen) atoms. The quantitative estimate of drug-likeness (QED) is 0.319. The van der Waals surface area contributed by atoms with Crippen LogP contribution in [-0.4, -0.2) is 45.1 Å². The number of aromatic amines is 1. The zero-order chi connectivity index (χ0) is 25.0. The predicted molar refractivity (Wildman–Crippen MR) is 132 cm³/mol. The van der Waals surface area contributed by atoms with Gasteiger partial charge in [-0.05, 0) is 49.4 Å². The van der Waals surface area contributed by atoms with Crippen molar-refractivity contribution in [3.8, 4) is 17.2 Å². The van der Waals surface area contributed by atoms with Gasteiger partial charge in [-0.1, -0.05) is 12.1 Å². The number of ether oxygens (including phenoxy) is 3. The number of carbonyl (C=O) groups excluding carboxylic acids is 1. The van der Waals surface area contributed by atoms with Gasteiger partial charge in [0.25, 0.3) is 15.9 Å². The van der Waals surface area contributed by atoms with Gasteiger partial charge in [0, 0.05) is 6.07 Å². The van der Waals surface area contributed by atoms with Crippen LogP contribution in [0.2, 0.25) is 0 Å². The van der Waals surface area contributed by atoms with Crippen molar-refractivity contribution in [1.29, 1.82) is 0 Å².